The van der Waals surface area contributed by atoms with Crippen LogP contribution in [0.15, 0.2) is 35.3 Å². The lowest BCUT2D eigenvalue weighted by molar-refractivity contribution is 0.485. The van der Waals surface area contributed by atoms with Crippen molar-refractivity contribution >= 4 is 16.9 Å². The van der Waals surface area contributed by atoms with Gasteiger partial charge >= 0.3 is 0 Å². The highest BCUT2D eigenvalue weighted by Gasteiger charge is 2.42. The van der Waals surface area contributed by atoms with Gasteiger partial charge in [-0.3, -0.25) is 4.99 Å². The zero-order chi connectivity index (χ0) is 12.7. The Morgan fingerprint density at radius 2 is 1.74 bits per heavy atom. The number of benzene rings is 1. The van der Waals surface area contributed by atoms with Crippen molar-refractivity contribution in [1.29, 1.82) is 0 Å². The van der Waals surface area contributed by atoms with Gasteiger partial charge in [0, 0.05) is 6.04 Å². The fourth-order valence-electron chi connectivity index (χ4n) is 2.97. The van der Waals surface area contributed by atoms with E-state index in [0.29, 0.717) is 5.25 Å². The highest BCUT2D eigenvalue weighted by molar-refractivity contribution is 8.14. The Morgan fingerprint density at radius 1 is 1.05 bits per heavy atom. The molecule has 1 heterocycles. The molecule has 1 aromatic carbocycles. The summed E-state index contributed by atoms with van der Waals surface area (Å²) in [7, 11) is 0. The van der Waals surface area contributed by atoms with Crippen LogP contribution in [0.2, 0.25) is 0 Å². The average Bonchev–Trinajstić information content (AvgIpc) is 3.37. The summed E-state index contributed by atoms with van der Waals surface area (Å²) < 4.78 is 0. The third-order valence-corrected chi connectivity index (χ3v) is 5.55. The summed E-state index contributed by atoms with van der Waals surface area (Å²) >= 11 is 1.92. The lowest BCUT2D eigenvalue weighted by Crippen LogP contribution is -2.36. The van der Waals surface area contributed by atoms with Gasteiger partial charge in [0.05, 0.1) is 11.8 Å². The average molecular weight is 272 g/mol. The molecule has 2 aliphatic carbocycles. The summed E-state index contributed by atoms with van der Waals surface area (Å²) in [5.74, 6) is 1.87. The van der Waals surface area contributed by atoms with Gasteiger partial charge < -0.3 is 5.32 Å². The zero-order valence-electron chi connectivity index (χ0n) is 11.1. The van der Waals surface area contributed by atoms with Crippen molar-refractivity contribution in [3.63, 3.8) is 0 Å². The number of rotatable bonds is 4. The molecule has 0 amide bonds. The summed E-state index contributed by atoms with van der Waals surface area (Å²) in [6.07, 6.45) is 5.70. The molecule has 4 rings (SSSR count). The molecule has 19 heavy (non-hydrogen) atoms. The molecule has 100 valence electrons. The monoisotopic (exact) mass is 272 g/mol. The Hall–Kier alpha value is -0.960. The minimum Gasteiger partial charge on any atom is -0.362 e. The first-order valence-corrected chi connectivity index (χ1v) is 8.31. The van der Waals surface area contributed by atoms with Gasteiger partial charge in [0.1, 0.15) is 0 Å². The van der Waals surface area contributed by atoms with Gasteiger partial charge in [-0.05, 0) is 43.1 Å². The molecule has 1 N–H and O–H groups in total. The van der Waals surface area contributed by atoms with Gasteiger partial charge in [-0.15, -0.1) is 0 Å². The first-order chi connectivity index (χ1) is 9.40. The van der Waals surface area contributed by atoms with Gasteiger partial charge in [0.15, 0.2) is 5.17 Å². The Labute approximate surface area is 119 Å². The Kier molecular flexibility index (Phi) is 3.03. The number of amidine groups is 1. The van der Waals surface area contributed by atoms with Crippen LogP contribution in [0.1, 0.15) is 36.5 Å². The van der Waals surface area contributed by atoms with Gasteiger partial charge in [-0.1, -0.05) is 42.1 Å². The van der Waals surface area contributed by atoms with E-state index in [2.05, 4.69) is 35.6 Å². The van der Waals surface area contributed by atoms with E-state index in [1.54, 1.807) is 0 Å². The van der Waals surface area contributed by atoms with Crippen LogP contribution in [-0.2, 0) is 0 Å². The van der Waals surface area contributed by atoms with E-state index in [-0.39, 0.29) is 0 Å². The van der Waals surface area contributed by atoms with Crippen molar-refractivity contribution < 1.29 is 0 Å². The van der Waals surface area contributed by atoms with Crippen molar-refractivity contribution in [2.45, 2.75) is 37.0 Å². The lowest BCUT2D eigenvalue weighted by atomic mass is 10.1. The van der Waals surface area contributed by atoms with Crippen molar-refractivity contribution in [3.8, 4) is 0 Å². The third kappa shape index (κ3) is 2.66. The van der Waals surface area contributed by atoms with Gasteiger partial charge in [-0.25, -0.2) is 0 Å². The minimum absolute atomic E-state index is 0.516. The predicted octanol–water partition coefficient (Wildman–Crippen LogP) is 3.61. The number of aliphatic imine (C=N–C) groups is 1. The van der Waals surface area contributed by atoms with Crippen molar-refractivity contribution in [2.75, 3.05) is 6.54 Å². The summed E-state index contributed by atoms with van der Waals surface area (Å²) in [5.41, 5.74) is 1.41. The summed E-state index contributed by atoms with van der Waals surface area (Å²) in [5, 5.41) is 5.46. The van der Waals surface area contributed by atoms with Crippen LogP contribution in [0.4, 0.5) is 0 Å². The van der Waals surface area contributed by atoms with Crippen molar-refractivity contribution in [2.24, 2.45) is 16.8 Å². The first kappa shape index (κ1) is 11.8. The largest absolute Gasteiger partial charge is 0.362 e. The number of hydrogen-bond acceptors (Lipinski definition) is 3. The molecule has 2 saturated carbocycles. The van der Waals surface area contributed by atoms with E-state index < -0.39 is 0 Å². The number of nitrogens with one attached hydrogen (secondary N) is 1. The summed E-state index contributed by atoms with van der Waals surface area (Å²) in [6, 6.07) is 11.5. The number of nitrogens with zero attached hydrogens (tertiary/aromatic N) is 1. The van der Waals surface area contributed by atoms with E-state index >= 15 is 0 Å². The zero-order valence-corrected chi connectivity index (χ0v) is 11.9. The molecule has 1 aromatic rings. The molecule has 1 atom stereocenters. The molecule has 3 aliphatic rings. The molecule has 0 aromatic heterocycles. The topological polar surface area (TPSA) is 24.4 Å². The molecule has 0 bridgehead atoms. The van der Waals surface area contributed by atoms with Crippen LogP contribution in [0, 0.1) is 11.8 Å². The van der Waals surface area contributed by atoms with Crippen LogP contribution in [0.25, 0.3) is 0 Å². The van der Waals surface area contributed by atoms with Gasteiger partial charge in [0.2, 0.25) is 0 Å². The number of thioether (sulfide) groups is 1. The van der Waals surface area contributed by atoms with Crippen molar-refractivity contribution in [1.82, 2.24) is 5.32 Å². The molecule has 0 radical (unpaired) electrons. The van der Waals surface area contributed by atoms with E-state index in [1.807, 2.05) is 11.8 Å². The van der Waals surface area contributed by atoms with Crippen molar-refractivity contribution in [3.05, 3.63) is 35.9 Å². The minimum atomic E-state index is 0.516. The highest BCUT2D eigenvalue weighted by Crippen LogP contribution is 2.45. The van der Waals surface area contributed by atoms with Gasteiger partial charge in [0.25, 0.3) is 0 Å². The third-order valence-electron chi connectivity index (χ3n) is 4.38. The Bertz CT molecular complexity index is 465. The molecule has 3 heteroatoms. The maximum absolute atomic E-state index is 4.72. The fraction of sp³-hybridized carbons (Fsp3) is 0.562. The molecule has 1 aliphatic heterocycles. The van der Waals surface area contributed by atoms with E-state index in [0.717, 1.165) is 24.4 Å². The van der Waals surface area contributed by atoms with Crippen LogP contribution in [0.3, 0.4) is 0 Å². The number of hydrogen-bond donors (Lipinski definition) is 1. The SMILES string of the molecule is c1ccc(C2CN=C(NC(C3CC3)C3CC3)S2)cc1. The fourth-order valence-corrected chi connectivity index (χ4v) is 4.03. The summed E-state index contributed by atoms with van der Waals surface area (Å²) in [4.78, 5) is 4.72. The van der Waals surface area contributed by atoms with E-state index in [1.165, 1.54) is 36.4 Å². The molecule has 2 nitrogen and oxygen atoms in total. The Morgan fingerprint density at radius 3 is 2.37 bits per heavy atom. The predicted molar refractivity (Wildman–Crippen MR) is 81.4 cm³/mol. The van der Waals surface area contributed by atoms with Crippen LogP contribution in [0.5, 0.6) is 0 Å². The van der Waals surface area contributed by atoms with Gasteiger partial charge in [-0.2, -0.15) is 0 Å². The van der Waals surface area contributed by atoms with Crippen LogP contribution < -0.4 is 5.32 Å². The smallest absolute Gasteiger partial charge is 0.157 e. The van der Waals surface area contributed by atoms with Crippen LogP contribution >= 0.6 is 11.8 Å². The highest BCUT2D eigenvalue weighted by atomic mass is 32.2. The Balaban J connectivity index is 1.38. The maximum Gasteiger partial charge on any atom is 0.157 e. The molecule has 1 unspecified atom stereocenters. The van der Waals surface area contributed by atoms with Crippen LogP contribution in [-0.4, -0.2) is 17.8 Å². The first-order valence-electron chi connectivity index (χ1n) is 7.43. The molecular weight excluding hydrogens is 252 g/mol. The maximum atomic E-state index is 4.72. The molecule has 2 fully saturated rings. The molecule has 0 saturated heterocycles. The standard InChI is InChI=1S/C16H20N2S/c1-2-4-11(5-3-1)14-10-17-16(19-14)18-15(12-6-7-12)13-8-9-13/h1-5,12-15H,6-10H2,(H,17,18). The normalized spacial score (nSPS) is 26.6. The second-order valence-corrected chi connectivity index (χ2v) is 7.20. The molecule has 0 spiro atoms. The van der Waals surface area contributed by atoms with E-state index in [4.69, 9.17) is 4.99 Å². The van der Waals surface area contributed by atoms with E-state index in [9.17, 15) is 0 Å². The summed E-state index contributed by atoms with van der Waals surface area (Å²) in [6.45, 7) is 0.930. The lowest BCUT2D eigenvalue weighted by Gasteiger charge is -2.18. The second-order valence-electron chi connectivity index (χ2n) is 6.01. The second kappa shape index (κ2) is 4.86. The molecular formula is C16H20N2S. The quantitative estimate of drug-likeness (QED) is 0.905.